The molecule has 0 amide bonds. The van der Waals surface area contributed by atoms with E-state index in [2.05, 4.69) is 15.2 Å². The summed E-state index contributed by atoms with van der Waals surface area (Å²) in [6, 6.07) is 7.77. The van der Waals surface area contributed by atoms with E-state index in [9.17, 15) is 5.11 Å². The molecule has 0 aliphatic carbocycles. The molecule has 22 heavy (non-hydrogen) atoms. The van der Waals surface area contributed by atoms with Gasteiger partial charge in [-0.25, -0.2) is 4.98 Å². The highest BCUT2D eigenvalue weighted by Gasteiger charge is 2.13. The van der Waals surface area contributed by atoms with Crippen molar-refractivity contribution in [3.8, 4) is 0 Å². The van der Waals surface area contributed by atoms with E-state index < -0.39 is 6.10 Å². The van der Waals surface area contributed by atoms with Crippen LogP contribution in [0.15, 0.2) is 47.5 Å². The van der Waals surface area contributed by atoms with Crippen molar-refractivity contribution in [3.63, 3.8) is 0 Å². The third-order valence-corrected chi connectivity index (χ3v) is 3.79. The molecule has 0 bridgehead atoms. The molecule has 0 aliphatic heterocycles. The number of nitrogens with one attached hydrogen (secondary N) is 1. The van der Waals surface area contributed by atoms with Crippen molar-refractivity contribution in [1.29, 1.82) is 0 Å². The van der Waals surface area contributed by atoms with Gasteiger partial charge in [0, 0.05) is 11.4 Å². The smallest absolute Gasteiger partial charge is 0.153 e. The van der Waals surface area contributed by atoms with E-state index in [-0.39, 0.29) is 0 Å². The van der Waals surface area contributed by atoms with Gasteiger partial charge in [0.05, 0.1) is 12.5 Å². The summed E-state index contributed by atoms with van der Waals surface area (Å²) in [5.41, 5.74) is 3.32. The summed E-state index contributed by atoms with van der Waals surface area (Å²) < 4.78 is 5.32. The van der Waals surface area contributed by atoms with E-state index in [0.29, 0.717) is 18.7 Å². The first-order chi connectivity index (χ1) is 10.7. The number of halogens is 1. The zero-order valence-electron chi connectivity index (χ0n) is 11.9. The van der Waals surface area contributed by atoms with Crippen LogP contribution in [0.1, 0.15) is 35.0 Å². The SMILES string of the molecule is OC(CCc1cocc1Cc1cccc(Cl)c1)c1ncn[nH]1. The first-order valence-electron chi connectivity index (χ1n) is 7.04. The molecule has 114 valence electrons. The Morgan fingerprint density at radius 3 is 2.91 bits per heavy atom. The van der Waals surface area contributed by atoms with Crippen LogP contribution in [-0.4, -0.2) is 20.3 Å². The lowest BCUT2D eigenvalue weighted by Gasteiger charge is -2.07. The van der Waals surface area contributed by atoms with Crippen molar-refractivity contribution in [2.45, 2.75) is 25.4 Å². The van der Waals surface area contributed by atoms with Gasteiger partial charge in [-0.15, -0.1) is 0 Å². The second kappa shape index (κ2) is 6.77. The summed E-state index contributed by atoms with van der Waals surface area (Å²) in [7, 11) is 0. The zero-order chi connectivity index (χ0) is 15.4. The van der Waals surface area contributed by atoms with Crippen molar-refractivity contribution < 1.29 is 9.52 Å². The molecule has 1 unspecified atom stereocenters. The molecule has 3 rings (SSSR count). The summed E-state index contributed by atoms with van der Waals surface area (Å²) in [5.74, 6) is 0.486. The molecule has 5 nitrogen and oxygen atoms in total. The number of nitrogens with zero attached hydrogens (tertiary/aromatic N) is 2. The maximum atomic E-state index is 10.0. The van der Waals surface area contributed by atoms with Crippen LogP contribution in [0.4, 0.5) is 0 Å². The van der Waals surface area contributed by atoms with Gasteiger partial charge in [-0.1, -0.05) is 23.7 Å². The Morgan fingerprint density at radius 1 is 1.27 bits per heavy atom. The number of aromatic amines is 1. The van der Waals surface area contributed by atoms with Gasteiger partial charge in [0.2, 0.25) is 0 Å². The van der Waals surface area contributed by atoms with Gasteiger partial charge < -0.3 is 9.52 Å². The summed E-state index contributed by atoms with van der Waals surface area (Å²) in [6.07, 6.45) is 6.22. The predicted molar refractivity (Wildman–Crippen MR) is 82.6 cm³/mol. The number of benzene rings is 1. The fourth-order valence-corrected chi connectivity index (χ4v) is 2.61. The molecule has 1 aromatic carbocycles. The van der Waals surface area contributed by atoms with Crippen molar-refractivity contribution in [2.24, 2.45) is 0 Å². The van der Waals surface area contributed by atoms with E-state index in [0.717, 1.165) is 28.1 Å². The minimum Gasteiger partial charge on any atom is -0.472 e. The van der Waals surface area contributed by atoms with Crippen LogP contribution in [0.2, 0.25) is 5.02 Å². The van der Waals surface area contributed by atoms with Crippen molar-refractivity contribution in [1.82, 2.24) is 15.2 Å². The second-order valence-corrected chi connectivity index (χ2v) is 5.59. The number of aliphatic hydroxyl groups is 1. The molecule has 6 heteroatoms. The summed E-state index contributed by atoms with van der Waals surface area (Å²) in [6.45, 7) is 0. The predicted octanol–water partition coefficient (Wildman–Crippen LogP) is 3.31. The van der Waals surface area contributed by atoms with E-state index >= 15 is 0 Å². The van der Waals surface area contributed by atoms with Gasteiger partial charge >= 0.3 is 0 Å². The average molecular weight is 318 g/mol. The fourth-order valence-electron chi connectivity index (χ4n) is 2.40. The third kappa shape index (κ3) is 3.55. The second-order valence-electron chi connectivity index (χ2n) is 5.15. The number of aromatic nitrogens is 3. The van der Waals surface area contributed by atoms with Crippen LogP contribution < -0.4 is 0 Å². The molecule has 0 aliphatic rings. The maximum absolute atomic E-state index is 10.0. The Labute approximate surface area is 133 Å². The molecule has 0 spiro atoms. The van der Waals surface area contributed by atoms with Crippen LogP contribution in [0, 0.1) is 0 Å². The van der Waals surface area contributed by atoms with Crippen LogP contribution in [-0.2, 0) is 12.8 Å². The molecule has 0 saturated carbocycles. The fraction of sp³-hybridized carbons (Fsp3) is 0.250. The van der Waals surface area contributed by atoms with Gasteiger partial charge in [-0.2, -0.15) is 5.10 Å². The molecule has 3 aromatic rings. The number of H-pyrrole nitrogens is 1. The van der Waals surface area contributed by atoms with Crippen LogP contribution in [0.5, 0.6) is 0 Å². The lowest BCUT2D eigenvalue weighted by Crippen LogP contribution is -2.02. The quantitative estimate of drug-likeness (QED) is 0.731. The van der Waals surface area contributed by atoms with Crippen LogP contribution >= 0.6 is 11.6 Å². The first-order valence-corrected chi connectivity index (χ1v) is 7.42. The van der Waals surface area contributed by atoms with Gasteiger partial charge in [-0.05, 0) is 41.7 Å². The lowest BCUT2D eigenvalue weighted by atomic mass is 10.00. The molecular weight excluding hydrogens is 302 g/mol. The zero-order valence-corrected chi connectivity index (χ0v) is 12.6. The van der Waals surface area contributed by atoms with Crippen molar-refractivity contribution in [2.75, 3.05) is 0 Å². The minimum atomic E-state index is -0.656. The number of hydrogen-bond acceptors (Lipinski definition) is 4. The van der Waals surface area contributed by atoms with Crippen LogP contribution in [0.3, 0.4) is 0 Å². The average Bonchev–Trinajstić information content (AvgIpc) is 3.16. The Morgan fingerprint density at radius 2 is 2.14 bits per heavy atom. The molecule has 0 fully saturated rings. The van der Waals surface area contributed by atoms with E-state index in [4.69, 9.17) is 16.0 Å². The maximum Gasteiger partial charge on any atom is 0.153 e. The van der Waals surface area contributed by atoms with Crippen molar-refractivity contribution >= 4 is 11.6 Å². The lowest BCUT2D eigenvalue weighted by molar-refractivity contribution is 0.158. The molecule has 2 N–H and O–H groups in total. The number of hydrogen-bond donors (Lipinski definition) is 2. The molecule has 2 heterocycles. The van der Waals surface area contributed by atoms with Gasteiger partial charge in [0.25, 0.3) is 0 Å². The number of rotatable bonds is 6. The Balaban J connectivity index is 1.65. The van der Waals surface area contributed by atoms with E-state index in [1.54, 1.807) is 12.5 Å². The summed E-state index contributed by atoms with van der Waals surface area (Å²) >= 11 is 6.01. The molecule has 1 atom stereocenters. The van der Waals surface area contributed by atoms with Gasteiger partial charge in [0.1, 0.15) is 12.4 Å². The van der Waals surface area contributed by atoms with Gasteiger partial charge in [0.15, 0.2) is 5.82 Å². The first kappa shape index (κ1) is 14.8. The monoisotopic (exact) mass is 317 g/mol. The molecule has 0 saturated heterocycles. The third-order valence-electron chi connectivity index (χ3n) is 3.55. The van der Waals surface area contributed by atoms with Gasteiger partial charge in [-0.3, -0.25) is 5.10 Å². The van der Waals surface area contributed by atoms with Crippen LogP contribution in [0.25, 0.3) is 0 Å². The Hall–Kier alpha value is -2.11. The molecule has 0 radical (unpaired) electrons. The number of aliphatic hydroxyl groups excluding tert-OH is 1. The summed E-state index contributed by atoms with van der Waals surface area (Å²) in [4.78, 5) is 3.96. The normalized spacial score (nSPS) is 12.5. The Kier molecular flexibility index (Phi) is 4.56. The van der Waals surface area contributed by atoms with E-state index in [1.807, 2.05) is 24.3 Å². The highest BCUT2D eigenvalue weighted by atomic mass is 35.5. The van der Waals surface area contributed by atoms with Crippen molar-refractivity contribution in [3.05, 3.63) is 70.7 Å². The largest absolute Gasteiger partial charge is 0.472 e. The summed E-state index contributed by atoms with van der Waals surface area (Å²) in [5, 5.41) is 17.2. The number of furan rings is 1. The standard InChI is InChI=1S/C16H16ClN3O2/c17-14-3-1-2-11(7-14)6-13-9-22-8-12(13)4-5-15(21)16-18-10-19-20-16/h1-3,7-10,15,21H,4-6H2,(H,18,19,20). The minimum absolute atomic E-state index is 0.486. The topological polar surface area (TPSA) is 74.9 Å². The highest BCUT2D eigenvalue weighted by Crippen LogP contribution is 2.22. The Bertz CT molecular complexity index is 725. The number of aryl methyl sites for hydroxylation is 1. The van der Waals surface area contributed by atoms with E-state index in [1.165, 1.54) is 6.33 Å². The molecular formula is C16H16ClN3O2. The molecule has 2 aromatic heterocycles. The highest BCUT2D eigenvalue weighted by molar-refractivity contribution is 6.30.